The van der Waals surface area contributed by atoms with E-state index in [1.54, 1.807) is 24.0 Å². The molecule has 78 valence electrons. The van der Waals surface area contributed by atoms with Gasteiger partial charge in [0.15, 0.2) is 0 Å². The zero-order valence-corrected chi connectivity index (χ0v) is 8.23. The van der Waals surface area contributed by atoms with E-state index >= 15 is 0 Å². The number of carbonyl (C=O) groups excluding carboxylic acids is 1. The van der Waals surface area contributed by atoms with E-state index in [9.17, 15) is 4.79 Å². The molecule has 0 aliphatic carbocycles. The Labute approximate surface area is 82.0 Å². The molecule has 1 heterocycles. The van der Waals surface area contributed by atoms with Gasteiger partial charge in [0.25, 0.3) is 0 Å². The summed E-state index contributed by atoms with van der Waals surface area (Å²) in [6.45, 7) is 0.198. The van der Waals surface area contributed by atoms with Gasteiger partial charge in [0.1, 0.15) is 11.9 Å². The van der Waals surface area contributed by atoms with E-state index in [2.05, 4.69) is 10.4 Å². The Morgan fingerprint density at radius 3 is 3.07 bits per heavy atom. The number of nitrogens with one attached hydrogen (secondary N) is 1. The molecular weight excluding hydrogens is 184 g/mol. The zero-order chi connectivity index (χ0) is 10.6. The summed E-state index contributed by atoms with van der Waals surface area (Å²) in [5.74, 6) is 0.331. The highest BCUT2D eigenvalue weighted by Gasteiger charge is 2.13. The molecule has 0 aliphatic heterocycles. The maximum Gasteiger partial charge on any atom is 0.244 e. The van der Waals surface area contributed by atoms with Crippen LogP contribution in [0.3, 0.4) is 0 Å². The van der Waals surface area contributed by atoms with Crippen LogP contribution in [-0.2, 0) is 16.6 Å². The third-order valence-corrected chi connectivity index (χ3v) is 1.76. The largest absolute Gasteiger partial charge is 0.383 e. The van der Waals surface area contributed by atoms with Gasteiger partial charge in [-0.1, -0.05) is 0 Å². The summed E-state index contributed by atoms with van der Waals surface area (Å²) in [6, 6.07) is 1.03. The fourth-order valence-corrected chi connectivity index (χ4v) is 0.971. The molecular formula is C8H14N4O2. The van der Waals surface area contributed by atoms with Gasteiger partial charge in [0.05, 0.1) is 12.8 Å². The summed E-state index contributed by atoms with van der Waals surface area (Å²) in [5, 5.41) is 6.54. The van der Waals surface area contributed by atoms with Crippen LogP contribution in [-0.4, -0.2) is 35.4 Å². The molecule has 6 nitrogen and oxygen atoms in total. The predicted molar refractivity (Wildman–Crippen MR) is 51.7 cm³/mol. The van der Waals surface area contributed by atoms with E-state index in [0.29, 0.717) is 5.82 Å². The van der Waals surface area contributed by atoms with E-state index in [1.807, 2.05) is 0 Å². The minimum absolute atomic E-state index is 0.198. The molecule has 0 aromatic carbocycles. The van der Waals surface area contributed by atoms with Crippen molar-refractivity contribution in [2.45, 2.75) is 6.04 Å². The summed E-state index contributed by atoms with van der Waals surface area (Å²) in [5.41, 5.74) is 5.53. The number of methoxy groups -OCH3 is 1. The van der Waals surface area contributed by atoms with Crippen molar-refractivity contribution < 1.29 is 9.53 Å². The maximum absolute atomic E-state index is 11.4. The Morgan fingerprint density at radius 1 is 1.86 bits per heavy atom. The maximum atomic E-state index is 11.4. The molecule has 0 radical (unpaired) electrons. The van der Waals surface area contributed by atoms with Crippen molar-refractivity contribution in [3.05, 3.63) is 12.3 Å². The lowest BCUT2D eigenvalue weighted by molar-refractivity contribution is -0.118. The van der Waals surface area contributed by atoms with Gasteiger partial charge in [0.2, 0.25) is 5.91 Å². The van der Waals surface area contributed by atoms with Crippen molar-refractivity contribution >= 4 is 11.7 Å². The third kappa shape index (κ3) is 2.54. The van der Waals surface area contributed by atoms with Gasteiger partial charge in [-0.3, -0.25) is 9.48 Å². The average Bonchev–Trinajstić information content (AvgIpc) is 2.52. The van der Waals surface area contributed by atoms with Crippen molar-refractivity contribution in [1.29, 1.82) is 0 Å². The number of hydrogen-bond acceptors (Lipinski definition) is 4. The molecule has 1 amide bonds. The van der Waals surface area contributed by atoms with Gasteiger partial charge in [-0.15, -0.1) is 0 Å². The smallest absolute Gasteiger partial charge is 0.244 e. The number of nitrogens with zero attached hydrogens (tertiary/aromatic N) is 2. The summed E-state index contributed by atoms with van der Waals surface area (Å²) < 4.78 is 6.32. The fraction of sp³-hybridized carbons (Fsp3) is 0.500. The number of anilines is 1. The first-order valence-corrected chi connectivity index (χ1v) is 4.18. The fourth-order valence-electron chi connectivity index (χ4n) is 0.971. The highest BCUT2D eigenvalue weighted by molar-refractivity contribution is 5.94. The van der Waals surface area contributed by atoms with E-state index in [4.69, 9.17) is 10.5 Å². The third-order valence-electron chi connectivity index (χ3n) is 1.76. The molecule has 0 saturated heterocycles. The van der Waals surface area contributed by atoms with Crippen LogP contribution in [0.25, 0.3) is 0 Å². The highest BCUT2D eigenvalue weighted by atomic mass is 16.5. The van der Waals surface area contributed by atoms with Crippen LogP contribution in [0.2, 0.25) is 0 Å². The lowest BCUT2D eigenvalue weighted by atomic mass is 10.3. The Kier molecular flexibility index (Phi) is 3.61. The minimum atomic E-state index is -0.658. The lowest BCUT2D eigenvalue weighted by Gasteiger charge is -2.10. The molecule has 14 heavy (non-hydrogen) atoms. The first-order valence-electron chi connectivity index (χ1n) is 4.18. The normalized spacial score (nSPS) is 12.5. The Bertz CT molecular complexity index is 310. The molecule has 0 spiro atoms. The minimum Gasteiger partial charge on any atom is -0.383 e. The van der Waals surface area contributed by atoms with Crippen LogP contribution >= 0.6 is 0 Å². The number of aromatic nitrogens is 2. The molecule has 0 aliphatic rings. The van der Waals surface area contributed by atoms with E-state index in [0.717, 1.165) is 0 Å². The number of carbonyl (C=O) groups is 1. The number of rotatable bonds is 4. The predicted octanol–water partition coefficient (Wildman–Crippen LogP) is -0.668. The lowest BCUT2D eigenvalue weighted by Crippen LogP contribution is -2.39. The first kappa shape index (κ1) is 10.7. The quantitative estimate of drug-likeness (QED) is 0.672. The summed E-state index contributed by atoms with van der Waals surface area (Å²) in [6.07, 6.45) is 1.59. The summed E-state index contributed by atoms with van der Waals surface area (Å²) >= 11 is 0. The van der Waals surface area contributed by atoms with Crippen LogP contribution in [0.1, 0.15) is 0 Å². The molecule has 1 atom stereocenters. The van der Waals surface area contributed by atoms with E-state index in [1.165, 1.54) is 7.11 Å². The molecule has 3 N–H and O–H groups in total. The second-order valence-electron chi connectivity index (χ2n) is 2.89. The zero-order valence-electron chi connectivity index (χ0n) is 8.23. The van der Waals surface area contributed by atoms with Crippen LogP contribution < -0.4 is 11.1 Å². The monoisotopic (exact) mass is 198 g/mol. The topological polar surface area (TPSA) is 82.2 Å². The number of ether oxygens (including phenoxy) is 1. The Morgan fingerprint density at radius 2 is 2.57 bits per heavy atom. The second-order valence-corrected chi connectivity index (χ2v) is 2.89. The number of nitrogens with two attached hydrogens (primary N) is 1. The van der Waals surface area contributed by atoms with Gasteiger partial charge >= 0.3 is 0 Å². The van der Waals surface area contributed by atoms with Crippen molar-refractivity contribution in [2.24, 2.45) is 12.8 Å². The van der Waals surface area contributed by atoms with E-state index in [-0.39, 0.29) is 12.5 Å². The van der Waals surface area contributed by atoms with Gasteiger partial charge in [-0.05, 0) is 0 Å². The number of aryl methyl sites for hydroxylation is 1. The van der Waals surface area contributed by atoms with Gasteiger partial charge in [0, 0.05) is 20.2 Å². The van der Waals surface area contributed by atoms with Crippen molar-refractivity contribution in [1.82, 2.24) is 9.78 Å². The molecule has 0 bridgehead atoms. The Balaban J connectivity index is 2.53. The molecule has 1 aromatic heterocycles. The molecule has 0 fully saturated rings. The molecule has 0 saturated carbocycles. The first-order chi connectivity index (χ1) is 6.65. The van der Waals surface area contributed by atoms with E-state index < -0.39 is 6.04 Å². The summed E-state index contributed by atoms with van der Waals surface area (Å²) in [7, 11) is 3.23. The second kappa shape index (κ2) is 4.73. The van der Waals surface area contributed by atoms with Gasteiger partial charge < -0.3 is 15.8 Å². The van der Waals surface area contributed by atoms with Gasteiger partial charge in [-0.2, -0.15) is 5.10 Å². The number of hydrogen-bond donors (Lipinski definition) is 2. The molecule has 1 aromatic rings. The SMILES string of the molecule is COCC(N)C(=O)Nc1ccnn1C. The van der Waals surface area contributed by atoms with Crippen molar-refractivity contribution in [3.8, 4) is 0 Å². The average molecular weight is 198 g/mol. The summed E-state index contributed by atoms with van der Waals surface area (Å²) in [4.78, 5) is 11.4. The molecule has 1 rings (SSSR count). The van der Waals surface area contributed by atoms with Gasteiger partial charge in [-0.25, -0.2) is 0 Å². The van der Waals surface area contributed by atoms with Crippen LogP contribution in [0.4, 0.5) is 5.82 Å². The molecule has 6 heteroatoms. The standard InChI is InChI=1S/C8H14N4O2/c1-12-7(3-4-10-12)11-8(13)6(9)5-14-2/h3-4,6H,5,9H2,1-2H3,(H,11,13). The highest BCUT2D eigenvalue weighted by Crippen LogP contribution is 2.03. The van der Waals surface area contributed by atoms with Crippen LogP contribution in [0.5, 0.6) is 0 Å². The number of amides is 1. The van der Waals surface area contributed by atoms with Crippen LogP contribution in [0.15, 0.2) is 12.3 Å². The van der Waals surface area contributed by atoms with Crippen molar-refractivity contribution in [3.63, 3.8) is 0 Å². The molecule has 1 unspecified atom stereocenters. The van der Waals surface area contributed by atoms with Crippen molar-refractivity contribution in [2.75, 3.05) is 19.0 Å². The Hall–Kier alpha value is -1.40. The van der Waals surface area contributed by atoms with Crippen LogP contribution in [0, 0.1) is 0 Å².